The molecule has 0 aliphatic carbocycles. The molecule has 0 N–H and O–H groups in total. The molecule has 0 aliphatic rings. The van der Waals surface area contributed by atoms with Gasteiger partial charge in [0.2, 0.25) is 0 Å². The van der Waals surface area contributed by atoms with Crippen LogP contribution in [0.4, 0.5) is 0 Å². The minimum Gasteiger partial charge on any atom is -0.139 e. The molecule has 0 unspecified atom stereocenters. The molecule has 0 saturated carbocycles. The van der Waals surface area contributed by atoms with E-state index in [4.69, 9.17) is 0 Å². The Morgan fingerprint density at radius 2 is 1.33 bits per heavy atom. The standard InChI is InChI=1S/C23H24S4/c1-6-16-12-15(5)24-23(16)20-10-8-18(26-20)17-7-9-19(25-17)22-14(4)11-21(27-22)13(2)3/h7-13H,6H2,1-5H3. The van der Waals surface area contributed by atoms with Crippen molar-refractivity contribution in [1.82, 2.24) is 0 Å². The first-order valence-corrected chi connectivity index (χ1v) is 12.6. The van der Waals surface area contributed by atoms with Crippen LogP contribution in [0.25, 0.3) is 29.3 Å². The number of hydrogen-bond donors (Lipinski definition) is 0. The van der Waals surface area contributed by atoms with Crippen LogP contribution in [0.1, 0.15) is 47.6 Å². The molecule has 0 saturated heterocycles. The molecule has 0 fully saturated rings. The monoisotopic (exact) mass is 428 g/mol. The zero-order chi connectivity index (χ0) is 19.1. The van der Waals surface area contributed by atoms with Gasteiger partial charge in [0.05, 0.1) is 0 Å². The van der Waals surface area contributed by atoms with E-state index in [2.05, 4.69) is 71.0 Å². The van der Waals surface area contributed by atoms with Gasteiger partial charge >= 0.3 is 0 Å². The molecule has 0 bridgehead atoms. The van der Waals surface area contributed by atoms with Crippen LogP contribution in [-0.4, -0.2) is 0 Å². The van der Waals surface area contributed by atoms with E-state index in [0.717, 1.165) is 6.42 Å². The first-order valence-electron chi connectivity index (χ1n) is 9.36. The van der Waals surface area contributed by atoms with E-state index in [9.17, 15) is 0 Å². The Balaban J connectivity index is 1.66. The predicted molar refractivity (Wildman–Crippen MR) is 127 cm³/mol. The predicted octanol–water partition coefficient (Wildman–Crippen LogP) is 9.24. The van der Waals surface area contributed by atoms with Crippen LogP contribution in [-0.2, 0) is 6.42 Å². The van der Waals surface area contributed by atoms with E-state index in [1.807, 2.05) is 45.3 Å². The number of hydrogen-bond acceptors (Lipinski definition) is 4. The Hall–Kier alpha value is -1.20. The summed E-state index contributed by atoms with van der Waals surface area (Å²) in [6, 6.07) is 13.9. The molecule has 4 rings (SSSR count). The lowest BCUT2D eigenvalue weighted by molar-refractivity contribution is 0.889. The summed E-state index contributed by atoms with van der Waals surface area (Å²) < 4.78 is 0. The molecule has 27 heavy (non-hydrogen) atoms. The zero-order valence-electron chi connectivity index (χ0n) is 16.4. The molecule has 0 aromatic carbocycles. The highest BCUT2D eigenvalue weighted by atomic mass is 32.1. The maximum atomic E-state index is 2.36. The molecule has 0 amide bonds. The SMILES string of the molecule is CCc1cc(C)sc1-c1ccc(-c2ccc(-c3sc(C(C)C)cc3C)s2)s1. The fourth-order valence-corrected chi connectivity index (χ4v) is 7.96. The molecule has 0 aliphatic heterocycles. The van der Waals surface area contributed by atoms with Crippen molar-refractivity contribution in [1.29, 1.82) is 0 Å². The van der Waals surface area contributed by atoms with Gasteiger partial charge in [0, 0.05) is 39.0 Å². The van der Waals surface area contributed by atoms with Crippen molar-refractivity contribution in [2.75, 3.05) is 0 Å². The second-order valence-corrected chi connectivity index (χ2v) is 11.7. The summed E-state index contributed by atoms with van der Waals surface area (Å²) >= 11 is 7.74. The van der Waals surface area contributed by atoms with Gasteiger partial charge in [-0.2, -0.15) is 0 Å². The van der Waals surface area contributed by atoms with Gasteiger partial charge in [0.1, 0.15) is 0 Å². The molecule has 4 aromatic rings. The Bertz CT molecular complexity index is 1070. The maximum Gasteiger partial charge on any atom is 0.0477 e. The van der Waals surface area contributed by atoms with Crippen LogP contribution in [0.3, 0.4) is 0 Å². The second kappa shape index (κ2) is 7.67. The van der Waals surface area contributed by atoms with Gasteiger partial charge in [-0.05, 0) is 73.7 Å². The highest BCUT2D eigenvalue weighted by molar-refractivity contribution is 7.28. The van der Waals surface area contributed by atoms with Gasteiger partial charge in [-0.1, -0.05) is 20.8 Å². The van der Waals surface area contributed by atoms with Crippen molar-refractivity contribution in [3.05, 3.63) is 57.3 Å². The summed E-state index contributed by atoms with van der Waals surface area (Å²) in [5.74, 6) is 0.601. The molecule has 4 heteroatoms. The third-order valence-corrected chi connectivity index (χ3v) is 10.1. The lowest BCUT2D eigenvalue weighted by Crippen LogP contribution is -1.77. The van der Waals surface area contributed by atoms with Gasteiger partial charge in [-0.3, -0.25) is 0 Å². The minimum atomic E-state index is 0.601. The fraction of sp³-hybridized carbons (Fsp3) is 0.304. The average Bonchev–Trinajstić information content (AvgIpc) is 3.39. The van der Waals surface area contributed by atoms with Crippen LogP contribution >= 0.6 is 45.3 Å². The minimum absolute atomic E-state index is 0.601. The van der Waals surface area contributed by atoms with Gasteiger partial charge in [0.25, 0.3) is 0 Å². The average molecular weight is 429 g/mol. The topological polar surface area (TPSA) is 0 Å². The van der Waals surface area contributed by atoms with Crippen molar-refractivity contribution in [3.63, 3.8) is 0 Å². The lowest BCUT2D eigenvalue weighted by Gasteiger charge is -1.97. The Kier molecular flexibility index (Phi) is 5.43. The normalized spacial score (nSPS) is 11.6. The smallest absolute Gasteiger partial charge is 0.0477 e. The summed E-state index contributed by atoms with van der Waals surface area (Å²) in [4.78, 5) is 11.4. The molecule has 4 aromatic heterocycles. The van der Waals surface area contributed by atoms with Crippen molar-refractivity contribution >= 4 is 45.3 Å². The summed E-state index contributed by atoms with van der Waals surface area (Å²) in [5, 5.41) is 0. The van der Waals surface area contributed by atoms with E-state index in [-0.39, 0.29) is 0 Å². The molecule has 140 valence electrons. The van der Waals surface area contributed by atoms with Gasteiger partial charge in [0.15, 0.2) is 0 Å². The van der Waals surface area contributed by atoms with E-state index in [1.165, 1.54) is 50.1 Å². The van der Waals surface area contributed by atoms with E-state index in [0.29, 0.717) is 5.92 Å². The van der Waals surface area contributed by atoms with Gasteiger partial charge < -0.3 is 0 Å². The number of aryl methyl sites for hydroxylation is 3. The van der Waals surface area contributed by atoms with E-state index in [1.54, 1.807) is 0 Å². The Labute approximate surface area is 178 Å². The maximum absolute atomic E-state index is 2.36. The zero-order valence-corrected chi connectivity index (χ0v) is 19.6. The first-order chi connectivity index (χ1) is 13.0. The number of thiophene rings is 4. The van der Waals surface area contributed by atoms with Crippen LogP contribution < -0.4 is 0 Å². The Morgan fingerprint density at radius 3 is 1.89 bits per heavy atom. The third-order valence-electron chi connectivity index (χ3n) is 4.72. The summed E-state index contributed by atoms with van der Waals surface area (Å²) in [6.45, 7) is 11.3. The number of rotatable bonds is 5. The van der Waals surface area contributed by atoms with Crippen molar-refractivity contribution in [3.8, 4) is 29.3 Å². The molecular formula is C23H24S4. The van der Waals surface area contributed by atoms with Crippen LogP contribution in [0.5, 0.6) is 0 Å². The molecule has 0 nitrogen and oxygen atoms in total. The Morgan fingerprint density at radius 1 is 0.741 bits per heavy atom. The quantitative estimate of drug-likeness (QED) is 0.297. The molecular weight excluding hydrogens is 405 g/mol. The largest absolute Gasteiger partial charge is 0.139 e. The molecule has 4 heterocycles. The lowest BCUT2D eigenvalue weighted by atomic mass is 10.1. The first kappa shape index (κ1) is 19.1. The second-order valence-electron chi connectivity index (χ2n) is 7.21. The fourth-order valence-electron chi connectivity index (χ4n) is 3.26. The summed E-state index contributed by atoms with van der Waals surface area (Å²) in [5.41, 5.74) is 2.89. The highest BCUT2D eigenvalue weighted by Crippen LogP contribution is 2.45. The molecule has 0 spiro atoms. The van der Waals surface area contributed by atoms with E-state index < -0.39 is 0 Å². The highest BCUT2D eigenvalue weighted by Gasteiger charge is 2.15. The van der Waals surface area contributed by atoms with Crippen LogP contribution in [0.2, 0.25) is 0 Å². The van der Waals surface area contributed by atoms with Crippen molar-refractivity contribution < 1.29 is 0 Å². The van der Waals surface area contributed by atoms with Crippen LogP contribution in [0.15, 0.2) is 36.4 Å². The van der Waals surface area contributed by atoms with Crippen LogP contribution in [0, 0.1) is 13.8 Å². The third kappa shape index (κ3) is 3.73. The molecule has 0 radical (unpaired) electrons. The van der Waals surface area contributed by atoms with Gasteiger partial charge in [-0.25, -0.2) is 0 Å². The summed E-state index contributed by atoms with van der Waals surface area (Å²) in [6.07, 6.45) is 1.10. The van der Waals surface area contributed by atoms with Gasteiger partial charge in [-0.15, -0.1) is 45.3 Å². The molecule has 0 atom stereocenters. The van der Waals surface area contributed by atoms with Crippen molar-refractivity contribution in [2.45, 2.75) is 47.0 Å². The van der Waals surface area contributed by atoms with Crippen molar-refractivity contribution in [2.24, 2.45) is 0 Å². The van der Waals surface area contributed by atoms with E-state index >= 15 is 0 Å². The summed E-state index contributed by atoms with van der Waals surface area (Å²) in [7, 11) is 0.